The Hall–Kier alpha value is -0.350. The Labute approximate surface area is 113 Å². The Morgan fingerprint density at radius 1 is 1.35 bits per heavy atom. The van der Waals surface area contributed by atoms with Gasteiger partial charge in [0, 0.05) is 32.2 Å². The summed E-state index contributed by atoms with van der Waals surface area (Å²) in [7, 11) is 0. The van der Waals surface area contributed by atoms with Crippen LogP contribution in [0, 0.1) is 5.82 Å². The van der Waals surface area contributed by atoms with Gasteiger partial charge in [-0.25, -0.2) is 4.39 Å². The molecule has 2 nitrogen and oxygen atoms in total. The molecular formula is C12H17Cl2FN2. The first kappa shape index (κ1) is 14.7. The van der Waals surface area contributed by atoms with E-state index in [4.69, 9.17) is 11.6 Å². The zero-order valence-corrected chi connectivity index (χ0v) is 11.3. The number of hydrogen-bond acceptors (Lipinski definition) is 2. The van der Waals surface area contributed by atoms with E-state index >= 15 is 0 Å². The molecule has 0 bridgehead atoms. The summed E-state index contributed by atoms with van der Waals surface area (Å²) in [5.74, 6) is -0.332. The highest BCUT2D eigenvalue weighted by Crippen LogP contribution is 2.29. The minimum atomic E-state index is -0.332. The number of halogens is 3. The predicted molar refractivity (Wildman–Crippen MR) is 71.5 cm³/mol. The van der Waals surface area contributed by atoms with Gasteiger partial charge in [0.25, 0.3) is 0 Å². The van der Waals surface area contributed by atoms with Crippen molar-refractivity contribution >= 4 is 24.0 Å². The van der Waals surface area contributed by atoms with Crippen molar-refractivity contribution in [3.05, 3.63) is 34.6 Å². The fourth-order valence-corrected chi connectivity index (χ4v) is 2.39. The van der Waals surface area contributed by atoms with E-state index in [0.29, 0.717) is 0 Å². The van der Waals surface area contributed by atoms with Crippen LogP contribution >= 0.6 is 24.0 Å². The monoisotopic (exact) mass is 278 g/mol. The molecule has 1 saturated heterocycles. The van der Waals surface area contributed by atoms with Crippen LogP contribution in [0.1, 0.15) is 18.5 Å². The summed E-state index contributed by atoms with van der Waals surface area (Å²) in [5, 5.41) is 3.56. The zero-order chi connectivity index (χ0) is 11.5. The molecule has 0 radical (unpaired) electrons. The van der Waals surface area contributed by atoms with Gasteiger partial charge < -0.3 is 5.32 Å². The Morgan fingerprint density at radius 3 is 2.65 bits per heavy atom. The van der Waals surface area contributed by atoms with Gasteiger partial charge in [0.1, 0.15) is 5.82 Å². The van der Waals surface area contributed by atoms with Crippen molar-refractivity contribution in [3.8, 4) is 0 Å². The Bertz CT molecular complexity index is 368. The molecule has 1 fully saturated rings. The van der Waals surface area contributed by atoms with E-state index in [1.807, 2.05) is 6.07 Å². The summed E-state index contributed by atoms with van der Waals surface area (Å²) in [6, 6.07) is 5.19. The first-order valence-corrected chi connectivity index (χ1v) is 5.96. The van der Waals surface area contributed by atoms with E-state index < -0.39 is 0 Å². The van der Waals surface area contributed by atoms with Crippen LogP contribution in [0.2, 0.25) is 5.02 Å². The van der Waals surface area contributed by atoms with Crippen molar-refractivity contribution < 1.29 is 4.39 Å². The molecule has 17 heavy (non-hydrogen) atoms. The maximum absolute atomic E-state index is 13.3. The first-order chi connectivity index (χ1) is 7.70. The Kier molecular flexibility index (Phi) is 5.67. The van der Waals surface area contributed by atoms with Gasteiger partial charge in [0.15, 0.2) is 0 Å². The van der Waals surface area contributed by atoms with Gasteiger partial charge in [-0.1, -0.05) is 23.7 Å². The quantitative estimate of drug-likeness (QED) is 0.895. The van der Waals surface area contributed by atoms with Gasteiger partial charge in [-0.05, 0) is 18.6 Å². The molecular weight excluding hydrogens is 262 g/mol. The molecule has 0 unspecified atom stereocenters. The highest BCUT2D eigenvalue weighted by atomic mass is 35.5. The van der Waals surface area contributed by atoms with E-state index in [1.165, 1.54) is 6.07 Å². The van der Waals surface area contributed by atoms with E-state index in [2.05, 4.69) is 17.1 Å². The lowest BCUT2D eigenvalue weighted by atomic mass is 10.1. The van der Waals surface area contributed by atoms with Gasteiger partial charge >= 0.3 is 0 Å². The van der Waals surface area contributed by atoms with Crippen molar-refractivity contribution in [1.29, 1.82) is 0 Å². The molecule has 1 N–H and O–H groups in total. The summed E-state index contributed by atoms with van der Waals surface area (Å²) in [6.07, 6.45) is 0. The van der Waals surface area contributed by atoms with Crippen molar-refractivity contribution in [2.24, 2.45) is 0 Å². The van der Waals surface area contributed by atoms with Crippen LogP contribution < -0.4 is 5.32 Å². The maximum Gasteiger partial charge on any atom is 0.142 e. The molecule has 1 aliphatic heterocycles. The molecule has 1 aromatic carbocycles. The van der Waals surface area contributed by atoms with Crippen molar-refractivity contribution in [3.63, 3.8) is 0 Å². The smallest absolute Gasteiger partial charge is 0.142 e. The molecule has 1 aliphatic rings. The predicted octanol–water partition coefficient (Wildman–Crippen LogP) is 2.87. The van der Waals surface area contributed by atoms with E-state index in [0.717, 1.165) is 31.7 Å². The highest BCUT2D eigenvalue weighted by Gasteiger charge is 2.20. The number of nitrogens with one attached hydrogen (secondary N) is 1. The summed E-state index contributed by atoms with van der Waals surface area (Å²) in [4.78, 5) is 2.32. The molecule has 0 aliphatic carbocycles. The molecule has 0 saturated carbocycles. The summed E-state index contributed by atoms with van der Waals surface area (Å²) >= 11 is 5.99. The second-order valence-corrected chi connectivity index (χ2v) is 4.48. The summed E-state index contributed by atoms with van der Waals surface area (Å²) in [5.41, 5.74) is 0.878. The Morgan fingerprint density at radius 2 is 2.00 bits per heavy atom. The third-order valence-electron chi connectivity index (χ3n) is 3.13. The highest BCUT2D eigenvalue weighted by molar-refractivity contribution is 6.31. The van der Waals surface area contributed by atoms with Crippen LogP contribution in [-0.2, 0) is 0 Å². The molecule has 96 valence electrons. The van der Waals surface area contributed by atoms with Crippen LogP contribution in [0.5, 0.6) is 0 Å². The maximum atomic E-state index is 13.3. The van der Waals surface area contributed by atoms with Crippen LogP contribution in [0.3, 0.4) is 0 Å². The average Bonchev–Trinajstić information content (AvgIpc) is 2.33. The molecule has 2 rings (SSSR count). The second kappa shape index (κ2) is 6.55. The molecule has 0 spiro atoms. The number of benzene rings is 1. The van der Waals surface area contributed by atoms with Crippen molar-refractivity contribution in [1.82, 2.24) is 10.2 Å². The van der Waals surface area contributed by atoms with Gasteiger partial charge in [-0.3, -0.25) is 4.90 Å². The largest absolute Gasteiger partial charge is 0.314 e. The normalized spacial score (nSPS) is 18.5. The van der Waals surface area contributed by atoms with Gasteiger partial charge in [-0.15, -0.1) is 12.4 Å². The van der Waals surface area contributed by atoms with Crippen molar-refractivity contribution in [2.75, 3.05) is 26.2 Å². The number of nitrogens with zero attached hydrogens (tertiary/aromatic N) is 1. The molecule has 1 atom stereocenters. The third-order valence-corrected chi connectivity index (χ3v) is 3.53. The average molecular weight is 279 g/mol. The van der Waals surface area contributed by atoms with E-state index in [-0.39, 0.29) is 29.3 Å². The molecule has 0 amide bonds. The van der Waals surface area contributed by atoms with Gasteiger partial charge in [0.05, 0.1) is 5.02 Å². The molecule has 1 aromatic rings. The SMILES string of the molecule is C[C@@H](c1cccc(F)c1Cl)N1CCNCC1.Cl. The minimum Gasteiger partial charge on any atom is -0.314 e. The Balaban J connectivity index is 0.00000144. The fraction of sp³-hybridized carbons (Fsp3) is 0.500. The van der Waals surface area contributed by atoms with E-state index in [9.17, 15) is 4.39 Å². The third kappa shape index (κ3) is 3.32. The lowest BCUT2D eigenvalue weighted by Gasteiger charge is -2.33. The van der Waals surface area contributed by atoms with Crippen LogP contribution in [-0.4, -0.2) is 31.1 Å². The van der Waals surface area contributed by atoms with Gasteiger partial charge in [-0.2, -0.15) is 0 Å². The number of piperazine rings is 1. The topological polar surface area (TPSA) is 15.3 Å². The fourth-order valence-electron chi connectivity index (χ4n) is 2.11. The number of hydrogen-bond donors (Lipinski definition) is 1. The van der Waals surface area contributed by atoms with Crippen molar-refractivity contribution in [2.45, 2.75) is 13.0 Å². The van der Waals surface area contributed by atoms with E-state index in [1.54, 1.807) is 6.07 Å². The lowest BCUT2D eigenvalue weighted by molar-refractivity contribution is 0.185. The minimum absolute atomic E-state index is 0. The molecule has 1 heterocycles. The zero-order valence-electron chi connectivity index (χ0n) is 9.75. The number of rotatable bonds is 2. The molecule has 0 aromatic heterocycles. The van der Waals surface area contributed by atoms with Crippen LogP contribution in [0.15, 0.2) is 18.2 Å². The summed E-state index contributed by atoms with van der Waals surface area (Å²) in [6.45, 7) is 6.00. The van der Waals surface area contributed by atoms with Crippen LogP contribution in [0.4, 0.5) is 4.39 Å². The molecule has 5 heteroatoms. The van der Waals surface area contributed by atoms with Crippen LogP contribution in [0.25, 0.3) is 0 Å². The first-order valence-electron chi connectivity index (χ1n) is 5.59. The second-order valence-electron chi connectivity index (χ2n) is 4.10. The van der Waals surface area contributed by atoms with Gasteiger partial charge in [0.2, 0.25) is 0 Å². The lowest BCUT2D eigenvalue weighted by Crippen LogP contribution is -2.44. The summed E-state index contributed by atoms with van der Waals surface area (Å²) < 4.78 is 13.3. The standard InChI is InChI=1S/C12H16ClFN2.ClH/c1-9(16-7-5-15-6-8-16)10-3-2-4-11(14)12(10)13;/h2-4,9,15H,5-8H2,1H3;1H/t9-;/m0./s1.